The lowest BCUT2D eigenvalue weighted by atomic mass is 10.2. The molecule has 4 heterocycles. The fourth-order valence-electron chi connectivity index (χ4n) is 3.21. The van der Waals surface area contributed by atoms with Gasteiger partial charge in [0.2, 0.25) is 12.7 Å². The Labute approximate surface area is 177 Å². The van der Waals surface area contributed by atoms with Crippen LogP contribution in [0, 0.1) is 0 Å². The first-order valence-corrected chi connectivity index (χ1v) is 9.78. The molecule has 0 saturated heterocycles. The Morgan fingerprint density at radius 3 is 2.94 bits per heavy atom. The van der Waals surface area contributed by atoms with Gasteiger partial charge in [0.25, 0.3) is 0 Å². The SMILES string of the molecule is O=C(CCc1nnc2ccc(NCc3ccc4c(c3)OCO4)nn12)Nc1cccnc1. The second kappa shape index (κ2) is 8.27. The summed E-state index contributed by atoms with van der Waals surface area (Å²) in [6, 6.07) is 13.0. The molecule has 0 unspecified atom stereocenters. The van der Waals surface area contributed by atoms with Crippen LogP contribution in [0.4, 0.5) is 11.5 Å². The van der Waals surface area contributed by atoms with Crippen molar-refractivity contribution in [2.75, 3.05) is 17.4 Å². The van der Waals surface area contributed by atoms with E-state index in [0.29, 0.717) is 35.9 Å². The quantitative estimate of drug-likeness (QED) is 0.471. The van der Waals surface area contributed by atoms with Gasteiger partial charge < -0.3 is 20.1 Å². The molecule has 1 aliphatic heterocycles. The van der Waals surface area contributed by atoms with Crippen LogP contribution in [0.3, 0.4) is 0 Å². The fourth-order valence-corrected chi connectivity index (χ4v) is 3.21. The minimum Gasteiger partial charge on any atom is -0.454 e. The van der Waals surface area contributed by atoms with Gasteiger partial charge in [-0.3, -0.25) is 9.78 Å². The first kappa shape index (κ1) is 18.8. The number of carbonyl (C=O) groups excluding carboxylic acids is 1. The van der Waals surface area contributed by atoms with Crippen LogP contribution in [-0.4, -0.2) is 37.5 Å². The molecule has 5 rings (SSSR count). The summed E-state index contributed by atoms with van der Waals surface area (Å²) < 4.78 is 12.4. The second-order valence-corrected chi connectivity index (χ2v) is 6.94. The highest BCUT2D eigenvalue weighted by Crippen LogP contribution is 2.32. The highest BCUT2D eigenvalue weighted by atomic mass is 16.7. The maximum Gasteiger partial charge on any atom is 0.231 e. The number of aryl methyl sites for hydroxylation is 1. The predicted octanol–water partition coefficient (Wildman–Crippen LogP) is 2.43. The molecule has 1 amide bonds. The number of nitrogens with one attached hydrogen (secondary N) is 2. The molecule has 4 aromatic rings. The Bertz CT molecular complexity index is 1230. The van der Waals surface area contributed by atoms with Gasteiger partial charge in [-0.05, 0) is 42.0 Å². The summed E-state index contributed by atoms with van der Waals surface area (Å²) in [6.07, 6.45) is 3.92. The lowest BCUT2D eigenvalue weighted by molar-refractivity contribution is -0.116. The molecule has 0 fully saturated rings. The van der Waals surface area contributed by atoms with E-state index in [4.69, 9.17) is 9.47 Å². The number of rotatable bonds is 7. The third-order valence-corrected chi connectivity index (χ3v) is 4.76. The molecule has 0 spiro atoms. The van der Waals surface area contributed by atoms with Crippen molar-refractivity contribution in [2.24, 2.45) is 0 Å². The Morgan fingerprint density at radius 2 is 2.03 bits per heavy atom. The summed E-state index contributed by atoms with van der Waals surface area (Å²) in [6.45, 7) is 0.821. The summed E-state index contributed by atoms with van der Waals surface area (Å²) in [4.78, 5) is 16.2. The van der Waals surface area contributed by atoms with Gasteiger partial charge in [-0.25, -0.2) is 0 Å². The summed E-state index contributed by atoms with van der Waals surface area (Å²) in [7, 11) is 0. The molecular formula is C21H19N7O3. The Balaban J connectivity index is 1.23. The third-order valence-electron chi connectivity index (χ3n) is 4.76. The molecule has 0 radical (unpaired) electrons. The van der Waals surface area contributed by atoms with Crippen molar-refractivity contribution >= 4 is 23.1 Å². The zero-order valence-electron chi connectivity index (χ0n) is 16.5. The van der Waals surface area contributed by atoms with Gasteiger partial charge in [-0.2, -0.15) is 4.52 Å². The standard InChI is InChI=1S/C21H19N7O3/c29-21(24-15-2-1-9-22-12-15)8-7-20-26-25-19-6-5-18(27-28(19)20)23-11-14-3-4-16-17(10-14)31-13-30-16/h1-6,9-10,12H,7-8,11,13H2,(H,23,27)(H,24,29). The van der Waals surface area contributed by atoms with Crippen LogP contribution in [0.2, 0.25) is 0 Å². The zero-order valence-corrected chi connectivity index (χ0v) is 16.5. The number of anilines is 2. The van der Waals surface area contributed by atoms with Crippen LogP contribution in [0.25, 0.3) is 5.65 Å². The minimum absolute atomic E-state index is 0.123. The van der Waals surface area contributed by atoms with Crippen molar-refractivity contribution in [3.05, 3.63) is 66.2 Å². The van der Waals surface area contributed by atoms with Gasteiger partial charge in [0, 0.05) is 25.6 Å². The van der Waals surface area contributed by atoms with Gasteiger partial charge in [-0.15, -0.1) is 15.3 Å². The van der Waals surface area contributed by atoms with Gasteiger partial charge in [0.05, 0.1) is 11.9 Å². The first-order chi connectivity index (χ1) is 15.2. The topological polar surface area (TPSA) is 116 Å². The van der Waals surface area contributed by atoms with E-state index in [1.54, 1.807) is 29.0 Å². The Morgan fingerprint density at radius 1 is 1.10 bits per heavy atom. The molecule has 3 aromatic heterocycles. The summed E-state index contributed by atoms with van der Waals surface area (Å²) in [5.41, 5.74) is 2.32. The van der Waals surface area contributed by atoms with Crippen LogP contribution in [0.1, 0.15) is 17.8 Å². The van der Waals surface area contributed by atoms with Crippen molar-refractivity contribution in [3.8, 4) is 11.5 Å². The summed E-state index contributed by atoms with van der Waals surface area (Å²) >= 11 is 0. The molecular weight excluding hydrogens is 398 g/mol. The van der Waals surface area contributed by atoms with Crippen LogP contribution in [-0.2, 0) is 17.8 Å². The van der Waals surface area contributed by atoms with Crippen molar-refractivity contribution in [2.45, 2.75) is 19.4 Å². The van der Waals surface area contributed by atoms with Crippen LogP contribution >= 0.6 is 0 Å². The average Bonchev–Trinajstić information content (AvgIpc) is 3.43. The molecule has 0 aliphatic carbocycles. The molecule has 1 aliphatic rings. The number of carbonyl (C=O) groups is 1. The highest BCUT2D eigenvalue weighted by Gasteiger charge is 2.14. The van der Waals surface area contributed by atoms with Gasteiger partial charge in [0.1, 0.15) is 5.82 Å². The van der Waals surface area contributed by atoms with Gasteiger partial charge in [-0.1, -0.05) is 6.07 Å². The molecule has 1 aromatic carbocycles. The van der Waals surface area contributed by atoms with E-state index in [1.807, 2.05) is 30.3 Å². The fraction of sp³-hybridized carbons (Fsp3) is 0.190. The van der Waals surface area contributed by atoms with E-state index in [2.05, 4.69) is 30.9 Å². The van der Waals surface area contributed by atoms with E-state index in [-0.39, 0.29) is 19.1 Å². The normalized spacial score (nSPS) is 12.1. The molecule has 0 bridgehead atoms. The maximum absolute atomic E-state index is 12.2. The van der Waals surface area contributed by atoms with Crippen LogP contribution < -0.4 is 20.1 Å². The number of amides is 1. The van der Waals surface area contributed by atoms with Crippen molar-refractivity contribution in [1.82, 2.24) is 24.8 Å². The third kappa shape index (κ3) is 4.22. The maximum atomic E-state index is 12.2. The monoisotopic (exact) mass is 417 g/mol. The lowest BCUT2D eigenvalue weighted by Gasteiger charge is -2.07. The molecule has 10 nitrogen and oxygen atoms in total. The second-order valence-electron chi connectivity index (χ2n) is 6.94. The summed E-state index contributed by atoms with van der Waals surface area (Å²) in [5.74, 6) is 2.66. The van der Waals surface area contributed by atoms with Crippen molar-refractivity contribution in [3.63, 3.8) is 0 Å². The summed E-state index contributed by atoms with van der Waals surface area (Å²) in [5, 5.41) is 19.0. The van der Waals surface area contributed by atoms with Crippen molar-refractivity contribution in [1.29, 1.82) is 0 Å². The predicted molar refractivity (Wildman–Crippen MR) is 112 cm³/mol. The number of hydrogen-bond donors (Lipinski definition) is 2. The van der Waals surface area contributed by atoms with Gasteiger partial charge in [0.15, 0.2) is 23.0 Å². The first-order valence-electron chi connectivity index (χ1n) is 9.78. The number of aromatic nitrogens is 5. The van der Waals surface area contributed by atoms with E-state index in [9.17, 15) is 4.79 Å². The zero-order chi connectivity index (χ0) is 21.0. The lowest BCUT2D eigenvalue weighted by Crippen LogP contribution is -2.13. The molecule has 10 heteroatoms. The van der Waals surface area contributed by atoms with Crippen molar-refractivity contribution < 1.29 is 14.3 Å². The van der Waals surface area contributed by atoms with Crippen LogP contribution in [0.5, 0.6) is 11.5 Å². The number of hydrogen-bond acceptors (Lipinski definition) is 8. The Hall–Kier alpha value is -4.21. The van der Waals surface area contributed by atoms with Gasteiger partial charge >= 0.3 is 0 Å². The van der Waals surface area contributed by atoms with E-state index in [1.165, 1.54) is 0 Å². The average molecular weight is 417 g/mol. The van der Waals surface area contributed by atoms with E-state index in [0.717, 1.165) is 17.1 Å². The van der Waals surface area contributed by atoms with Crippen LogP contribution in [0.15, 0.2) is 54.9 Å². The molecule has 2 N–H and O–H groups in total. The minimum atomic E-state index is -0.123. The molecule has 156 valence electrons. The molecule has 0 atom stereocenters. The number of pyridine rings is 1. The van der Waals surface area contributed by atoms with E-state index >= 15 is 0 Å². The van der Waals surface area contributed by atoms with E-state index < -0.39 is 0 Å². The highest BCUT2D eigenvalue weighted by molar-refractivity contribution is 5.90. The number of ether oxygens (including phenoxy) is 2. The number of benzene rings is 1. The molecule has 31 heavy (non-hydrogen) atoms. The number of fused-ring (bicyclic) bond motifs is 2. The Kier molecular flexibility index (Phi) is 5.01. The molecule has 0 saturated carbocycles. The largest absolute Gasteiger partial charge is 0.454 e. The number of nitrogens with zero attached hydrogens (tertiary/aromatic N) is 5. The smallest absolute Gasteiger partial charge is 0.231 e.